The topological polar surface area (TPSA) is 50.4 Å². The summed E-state index contributed by atoms with van der Waals surface area (Å²) in [5.74, 6) is 0.446. The first-order valence-electron chi connectivity index (χ1n) is 7.15. The van der Waals surface area contributed by atoms with Gasteiger partial charge in [0.2, 0.25) is 5.91 Å². The molecule has 0 atom stereocenters. The van der Waals surface area contributed by atoms with Gasteiger partial charge in [-0.05, 0) is 30.4 Å². The molecule has 1 amide bonds. The van der Waals surface area contributed by atoms with Crippen molar-refractivity contribution in [1.29, 1.82) is 0 Å². The zero-order valence-corrected chi connectivity index (χ0v) is 13.0. The van der Waals surface area contributed by atoms with Crippen molar-refractivity contribution < 1.29 is 9.53 Å². The molecule has 0 spiro atoms. The number of rotatable bonds is 8. The summed E-state index contributed by atoms with van der Waals surface area (Å²) in [6, 6.07) is 6.22. The highest BCUT2D eigenvalue weighted by molar-refractivity contribution is 5.81. The van der Waals surface area contributed by atoms with E-state index in [1.54, 1.807) is 7.11 Å². The van der Waals surface area contributed by atoms with E-state index < -0.39 is 0 Å². The summed E-state index contributed by atoms with van der Waals surface area (Å²) in [7, 11) is 1.66. The highest BCUT2D eigenvalue weighted by Gasteiger charge is 2.09. The van der Waals surface area contributed by atoms with Gasteiger partial charge in [0.25, 0.3) is 0 Å². The lowest BCUT2D eigenvalue weighted by molar-refractivity contribution is -0.119. The number of amides is 1. The summed E-state index contributed by atoms with van der Waals surface area (Å²) in [6.45, 7) is 8.00. The first-order chi connectivity index (χ1) is 9.56. The Hall–Kier alpha value is -1.55. The van der Waals surface area contributed by atoms with E-state index in [2.05, 4.69) is 49.6 Å². The van der Waals surface area contributed by atoms with E-state index in [4.69, 9.17) is 4.74 Å². The zero-order valence-electron chi connectivity index (χ0n) is 13.0. The molecule has 0 fully saturated rings. The number of aryl methyl sites for hydroxylation is 1. The molecule has 0 saturated heterocycles. The van der Waals surface area contributed by atoms with Crippen LogP contribution in [-0.2, 0) is 9.53 Å². The molecule has 0 radical (unpaired) electrons. The largest absolute Gasteiger partial charge is 0.385 e. The summed E-state index contributed by atoms with van der Waals surface area (Å²) in [5, 5.41) is 6.13. The molecular weight excluding hydrogens is 252 g/mol. The maximum absolute atomic E-state index is 11.8. The van der Waals surface area contributed by atoms with Gasteiger partial charge < -0.3 is 15.4 Å². The van der Waals surface area contributed by atoms with Gasteiger partial charge in [0, 0.05) is 25.9 Å². The Bertz CT molecular complexity index is 430. The van der Waals surface area contributed by atoms with Gasteiger partial charge >= 0.3 is 0 Å². The van der Waals surface area contributed by atoms with E-state index in [0.29, 0.717) is 25.6 Å². The fourth-order valence-electron chi connectivity index (χ4n) is 2.09. The summed E-state index contributed by atoms with van der Waals surface area (Å²) in [6.07, 6.45) is 0.837. The molecule has 112 valence electrons. The van der Waals surface area contributed by atoms with E-state index in [0.717, 1.165) is 12.1 Å². The molecule has 0 aliphatic carbocycles. The Morgan fingerprint density at radius 2 is 2.10 bits per heavy atom. The van der Waals surface area contributed by atoms with E-state index in [1.807, 2.05) is 0 Å². The molecule has 1 aromatic rings. The monoisotopic (exact) mass is 278 g/mol. The number of carbonyl (C=O) groups is 1. The minimum absolute atomic E-state index is 0.0130. The Labute approximate surface area is 121 Å². The third kappa shape index (κ3) is 5.21. The van der Waals surface area contributed by atoms with E-state index >= 15 is 0 Å². The number of benzene rings is 1. The van der Waals surface area contributed by atoms with Crippen molar-refractivity contribution in [1.82, 2.24) is 5.32 Å². The van der Waals surface area contributed by atoms with Crippen LogP contribution in [0.25, 0.3) is 0 Å². The Morgan fingerprint density at radius 3 is 2.75 bits per heavy atom. The van der Waals surface area contributed by atoms with Crippen LogP contribution >= 0.6 is 0 Å². The number of carbonyl (C=O) groups excluding carboxylic acids is 1. The molecule has 1 rings (SSSR count). The SMILES string of the molecule is COCCCNC(=O)CNc1c(C)cccc1C(C)C. The molecule has 0 saturated carbocycles. The van der Waals surface area contributed by atoms with Gasteiger partial charge in [-0.1, -0.05) is 32.0 Å². The predicted molar refractivity (Wildman–Crippen MR) is 83.3 cm³/mol. The van der Waals surface area contributed by atoms with Crippen molar-refractivity contribution in [2.45, 2.75) is 33.1 Å². The fourth-order valence-corrected chi connectivity index (χ4v) is 2.09. The maximum atomic E-state index is 11.8. The molecule has 4 nitrogen and oxygen atoms in total. The van der Waals surface area contributed by atoms with Crippen LogP contribution in [0.3, 0.4) is 0 Å². The second-order valence-corrected chi connectivity index (χ2v) is 5.24. The number of ether oxygens (including phenoxy) is 1. The second-order valence-electron chi connectivity index (χ2n) is 5.24. The van der Waals surface area contributed by atoms with Gasteiger partial charge in [-0.3, -0.25) is 4.79 Å². The van der Waals surface area contributed by atoms with Gasteiger partial charge in [0.1, 0.15) is 0 Å². The number of hydrogen-bond donors (Lipinski definition) is 2. The lowest BCUT2D eigenvalue weighted by Crippen LogP contribution is -2.31. The zero-order chi connectivity index (χ0) is 15.0. The predicted octanol–water partition coefficient (Wildman–Crippen LogP) is 2.68. The smallest absolute Gasteiger partial charge is 0.239 e. The summed E-state index contributed by atoms with van der Waals surface area (Å²) >= 11 is 0. The highest BCUT2D eigenvalue weighted by atomic mass is 16.5. The van der Waals surface area contributed by atoms with Crippen molar-refractivity contribution in [3.8, 4) is 0 Å². The molecule has 0 unspecified atom stereocenters. The average Bonchev–Trinajstić information content (AvgIpc) is 2.42. The van der Waals surface area contributed by atoms with Crippen molar-refractivity contribution >= 4 is 11.6 Å². The Kier molecular flexibility index (Phi) is 7.09. The van der Waals surface area contributed by atoms with Crippen LogP contribution in [0.2, 0.25) is 0 Å². The third-order valence-electron chi connectivity index (χ3n) is 3.20. The van der Waals surface area contributed by atoms with Gasteiger partial charge in [0.15, 0.2) is 0 Å². The van der Waals surface area contributed by atoms with Crippen LogP contribution in [0.4, 0.5) is 5.69 Å². The number of methoxy groups -OCH3 is 1. The lowest BCUT2D eigenvalue weighted by Gasteiger charge is -2.17. The molecular formula is C16H26N2O2. The van der Waals surface area contributed by atoms with Crippen LogP contribution in [0.15, 0.2) is 18.2 Å². The quantitative estimate of drug-likeness (QED) is 0.719. The van der Waals surface area contributed by atoms with Gasteiger partial charge in [0.05, 0.1) is 6.54 Å². The van der Waals surface area contributed by atoms with E-state index in [-0.39, 0.29) is 5.91 Å². The molecule has 0 heterocycles. The molecule has 1 aromatic carbocycles. The summed E-state index contributed by atoms with van der Waals surface area (Å²) in [4.78, 5) is 11.8. The van der Waals surface area contributed by atoms with Crippen molar-refractivity contribution in [3.63, 3.8) is 0 Å². The van der Waals surface area contributed by atoms with Crippen molar-refractivity contribution in [2.75, 3.05) is 32.1 Å². The summed E-state index contributed by atoms with van der Waals surface area (Å²) in [5.41, 5.74) is 3.50. The number of para-hydroxylation sites is 1. The molecule has 4 heteroatoms. The minimum Gasteiger partial charge on any atom is -0.385 e. The normalized spacial score (nSPS) is 10.7. The fraction of sp³-hybridized carbons (Fsp3) is 0.562. The highest BCUT2D eigenvalue weighted by Crippen LogP contribution is 2.26. The van der Waals surface area contributed by atoms with Crippen LogP contribution in [0.5, 0.6) is 0 Å². The molecule has 20 heavy (non-hydrogen) atoms. The van der Waals surface area contributed by atoms with Crippen LogP contribution in [-0.4, -0.2) is 32.7 Å². The Morgan fingerprint density at radius 1 is 1.35 bits per heavy atom. The van der Waals surface area contributed by atoms with Gasteiger partial charge in [-0.25, -0.2) is 0 Å². The minimum atomic E-state index is 0.0130. The molecule has 0 aromatic heterocycles. The second kappa shape index (κ2) is 8.59. The van der Waals surface area contributed by atoms with Crippen LogP contribution in [0, 0.1) is 6.92 Å². The molecule has 2 N–H and O–H groups in total. The van der Waals surface area contributed by atoms with Crippen LogP contribution in [0.1, 0.15) is 37.3 Å². The van der Waals surface area contributed by atoms with E-state index in [1.165, 1.54) is 11.1 Å². The van der Waals surface area contributed by atoms with Crippen molar-refractivity contribution in [2.24, 2.45) is 0 Å². The lowest BCUT2D eigenvalue weighted by atomic mass is 9.98. The number of anilines is 1. The average molecular weight is 278 g/mol. The standard InChI is InChI=1S/C16H26N2O2/c1-12(2)14-8-5-7-13(3)16(14)18-11-15(19)17-9-6-10-20-4/h5,7-8,12,18H,6,9-11H2,1-4H3,(H,17,19). The molecule has 0 aliphatic heterocycles. The molecule has 0 aliphatic rings. The van der Waals surface area contributed by atoms with Gasteiger partial charge in [-0.2, -0.15) is 0 Å². The first-order valence-corrected chi connectivity index (χ1v) is 7.15. The summed E-state index contributed by atoms with van der Waals surface area (Å²) < 4.78 is 4.94. The molecule has 0 bridgehead atoms. The van der Waals surface area contributed by atoms with E-state index in [9.17, 15) is 4.79 Å². The first kappa shape index (κ1) is 16.5. The third-order valence-corrected chi connectivity index (χ3v) is 3.20. The Balaban J connectivity index is 2.51. The number of nitrogens with one attached hydrogen (secondary N) is 2. The van der Waals surface area contributed by atoms with Crippen LogP contribution < -0.4 is 10.6 Å². The van der Waals surface area contributed by atoms with Crippen molar-refractivity contribution in [3.05, 3.63) is 29.3 Å². The maximum Gasteiger partial charge on any atom is 0.239 e. The number of hydrogen-bond acceptors (Lipinski definition) is 3. The van der Waals surface area contributed by atoms with Gasteiger partial charge in [-0.15, -0.1) is 0 Å².